The molecule has 2 saturated heterocycles. The van der Waals surface area contributed by atoms with Crippen molar-refractivity contribution in [3.63, 3.8) is 0 Å². The smallest absolute Gasteiger partial charge is 0.153 e. The van der Waals surface area contributed by atoms with Crippen LogP contribution in [0, 0.1) is 0 Å². The molecule has 3 aromatic rings. The fourth-order valence-corrected chi connectivity index (χ4v) is 4.77. The molecule has 0 spiro atoms. The minimum absolute atomic E-state index is 0.0637. The van der Waals surface area contributed by atoms with Gasteiger partial charge >= 0.3 is 0 Å². The molecule has 5 rings (SSSR count). The van der Waals surface area contributed by atoms with Gasteiger partial charge in [-0.3, -0.25) is 4.57 Å². The van der Waals surface area contributed by atoms with Crippen LogP contribution in [-0.2, 0) is 0 Å². The number of piperidine rings is 2. The number of rotatable bonds is 3. The van der Waals surface area contributed by atoms with E-state index in [9.17, 15) is 9.50 Å². The Balaban J connectivity index is 1.40. The van der Waals surface area contributed by atoms with Gasteiger partial charge in [-0.25, -0.2) is 14.4 Å². The Morgan fingerprint density at radius 1 is 1.32 bits per heavy atom. The Bertz CT molecular complexity index is 1020. The molecule has 2 fully saturated rings. The van der Waals surface area contributed by atoms with Crippen molar-refractivity contribution in [1.29, 1.82) is 0 Å². The quantitative estimate of drug-likeness (QED) is 0.705. The lowest BCUT2D eigenvalue weighted by molar-refractivity contribution is 0.179. The molecule has 0 radical (unpaired) electrons. The summed E-state index contributed by atoms with van der Waals surface area (Å²) in [5, 5.41) is 23.3. The first-order valence-corrected chi connectivity index (χ1v) is 10.1. The van der Waals surface area contributed by atoms with Crippen LogP contribution in [0.15, 0.2) is 36.6 Å². The van der Waals surface area contributed by atoms with E-state index in [0.29, 0.717) is 33.9 Å². The predicted octanol–water partition coefficient (Wildman–Crippen LogP) is 3.13. The number of aromatic nitrogens is 5. The Hall–Kier alpha value is -2.65. The zero-order chi connectivity index (χ0) is 19.1. The summed E-state index contributed by atoms with van der Waals surface area (Å²) in [5.41, 5.74) is 1.29. The van der Waals surface area contributed by atoms with Crippen molar-refractivity contribution in [1.82, 2.24) is 30.0 Å². The summed E-state index contributed by atoms with van der Waals surface area (Å²) >= 11 is 1.32. The number of hydrogen-bond acceptors (Lipinski definition) is 7. The lowest BCUT2D eigenvalue weighted by Crippen LogP contribution is -2.52. The van der Waals surface area contributed by atoms with E-state index in [1.807, 2.05) is 6.08 Å². The monoisotopic (exact) mass is 398 g/mol. The second-order valence-electron chi connectivity index (χ2n) is 7.20. The average Bonchev–Trinajstić information content (AvgIpc) is 3.38. The second-order valence-corrected chi connectivity index (χ2v) is 8.21. The van der Waals surface area contributed by atoms with Gasteiger partial charge in [0, 0.05) is 36.7 Å². The summed E-state index contributed by atoms with van der Waals surface area (Å²) in [6, 6.07) is 1.82. The van der Waals surface area contributed by atoms with E-state index in [0.717, 1.165) is 24.8 Å². The van der Waals surface area contributed by atoms with Crippen LogP contribution in [-0.4, -0.2) is 48.1 Å². The molecule has 7 nitrogen and oxygen atoms in total. The highest BCUT2D eigenvalue weighted by molar-refractivity contribution is 7.15. The van der Waals surface area contributed by atoms with Crippen LogP contribution in [0.4, 0.5) is 4.39 Å². The summed E-state index contributed by atoms with van der Waals surface area (Å²) in [7, 11) is 0. The number of pyridine rings is 1. The third kappa shape index (κ3) is 3.20. The summed E-state index contributed by atoms with van der Waals surface area (Å²) in [6.07, 6.45) is 11.2. The van der Waals surface area contributed by atoms with Crippen molar-refractivity contribution in [2.45, 2.75) is 43.9 Å². The number of nitrogens with one attached hydrogen (secondary N) is 1. The first-order valence-electron chi connectivity index (χ1n) is 9.29. The van der Waals surface area contributed by atoms with Gasteiger partial charge in [0.2, 0.25) is 0 Å². The molecule has 9 heteroatoms. The van der Waals surface area contributed by atoms with Crippen molar-refractivity contribution < 1.29 is 9.50 Å². The lowest BCUT2D eigenvalue weighted by atomic mass is 9.82. The van der Waals surface area contributed by atoms with Crippen LogP contribution in [0.2, 0.25) is 0 Å². The molecule has 2 N–H and O–H groups in total. The van der Waals surface area contributed by atoms with Gasteiger partial charge < -0.3 is 10.4 Å². The average molecular weight is 398 g/mol. The number of hydrogen-bond donors (Lipinski definition) is 2. The predicted molar refractivity (Wildman–Crippen MR) is 104 cm³/mol. The van der Waals surface area contributed by atoms with E-state index >= 15 is 0 Å². The third-order valence-electron chi connectivity index (χ3n) is 5.32. The standard InChI is InChI=1S/C19H19FN6OS/c20-18-11(6-12-2-1-3-14(18)23-12)7-17-24-25-19(28-17)13-9-22-16(8-15(13)27)26-5-4-21-10-26/h4-5,7-10,12,14,18,23H,1-3,6H2,(H,22,27)/b11-7+/t12?,14?,18-/m0/s1. The Labute approximate surface area is 165 Å². The highest BCUT2D eigenvalue weighted by Crippen LogP contribution is 2.35. The van der Waals surface area contributed by atoms with E-state index in [1.165, 1.54) is 11.3 Å². The van der Waals surface area contributed by atoms with Crippen LogP contribution in [0.5, 0.6) is 5.75 Å². The zero-order valence-corrected chi connectivity index (χ0v) is 15.8. The molecule has 2 aliphatic rings. The van der Waals surface area contributed by atoms with E-state index in [4.69, 9.17) is 0 Å². The molecule has 144 valence electrons. The van der Waals surface area contributed by atoms with Crippen molar-refractivity contribution in [2.24, 2.45) is 0 Å². The minimum atomic E-state index is -0.978. The maximum absolute atomic E-state index is 14.7. The lowest BCUT2D eigenvalue weighted by Gasteiger charge is -2.39. The van der Waals surface area contributed by atoms with Crippen LogP contribution in [0.25, 0.3) is 22.5 Å². The van der Waals surface area contributed by atoms with Crippen molar-refractivity contribution in [3.8, 4) is 22.1 Å². The number of alkyl halides is 1. The SMILES string of the molecule is Oc1cc(-n2ccnc2)ncc1-c1nnc(/C=C2\CC3CCCC(N3)[C@H]2F)s1. The molecular weight excluding hydrogens is 379 g/mol. The molecule has 5 heterocycles. The van der Waals surface area contributed by atoms with E-state index < -0.39 is 6.17 Å². The maximum atomic E-state index is 14.7. The molecule has 2 unspecified atom stereocenters. The third-order valence-corrected chi connectivity index (χ3v) is 6.23. The van der Waals surface area contributed by atoms with Crippen LogP contribution < -0.4 is 5.32 Å². The summed E-state index contributed by atoms with van der Waals surface area (Å²) in [4.78, 5) is 8.33. The maximum Gasteiger partial charge on any atom is 0.153 e. The van der Waals surface area contributed by atoms with Gasteiger partial charge in [0.1, 0.15) is 29.1 Å². The molecule has 3 aromatic heterocycles. The van der Waals surface area contributed by atoms with Gasteiger partial charge in [-0.1, -0.05) is 17.8 Å². The molecule has 3 atom stereocenters. The highest BCUT2D eigenvalue weighted by atomic mass is 32.1. The Morgan fingerprint density at radius 2 is 2.25 bits per heavy atom. The van der Waals surface area contributed by atoms with Gasteiger partial charge in [-0.2, -0.15) is 0 Å². The molecular formula is C19H19FN6OS. The molecule has 0 saturated carbocycles. The largest absolute Gasteiger partial charge is 0.507 e. The molecule has 2 bridgehead atoms. The zero-order valence-electron chi connectivity index (χ0n) is 15.0. The number of nitrogens with zero attached hydrogens (tertiary/aromatic N) is 5. The van der Waals surface area contributed by atoms with Crippen molar-refractivity contribution in [2.75, 3.05) is 0 Å². The normalized spacial score (nSPS) is 25.9. The highest BCUT2D eigenvalue weighted by Gasteiger charge is 2.36. The fraction of sp³-hybridized carbons (Fsp3) is 0.368. The van der Waals surface area contributed by atoms with Gasteiger partial charge in [-0.15, -0.1) is 10.2 Å². The summed E-state index contributed by atoms with van der Waals surface area (Å²) in [5.74, 6) is 0.626. The molecule has 0 aliphatic carbocycles. The molecule has 28 heavy (non-hydrogen) atoms. The van der Waals surface area contributed by atoms with Gasteiger partial charge in [0.25, 0.3) is 0 Å². The first-order chi connectivity index (χ1) is 13.7. The second kappa shape index (κ2) is 7.06. The number of imidazole rings is 1. The Morgan fingerprint density at radius 3 is 3.07 bits per heavy atom. The van der Waals surface area contributed by atoms with E-state index in [2.05, 4.69) is 25.5 Å². The fourth-order valence-electron chi connectivity index (χ4n) is 3.93. The van der Waals surface area contributed by atoms with Gasteiger partial charge in [0.15, 0.2) is 5.01 Å². The minimum Gasteiger partial charge on any atom is -0.507 e. The van der Waals surface area contributed by atoms with Crippen LogP contribution in [0.1, 0.15) is 30.7 Å². The van der Waals surface area contributed by atoms with E-state index in [1.54, 1.807) is 35.6 Å². The van der Waals surface area contributed by atoms with E-state index in [-0.39, 0.29) is 11.8 Å². The topological polar surface area (TPSA) is 88.8 Å². The number of halogens is 1. The van der Waals surface area contributed by atoms with Gasteiger partial charge in [-0.05, 0) is 30.9 Å². The van der Waals surface area contributed by atoms with Crippen molar-refractivity contribution in [3.05, 3.63) is 41.6 Å². The summed E-state index contributed by atoms with van der Waals surface area (Å²) < 4.78 is 16.4. The van der Waals surface area contributed by atoms with Gasteiger partial charge in [0.05, 0.1) is 5.56 Å². The first kappa shape index (κ1) is 17.4. The number of fused-ring (bicyclic) bond motifs is 2. The van der Waals surface area contributed by atoms with Crippen LogP contribution >= 0.6 is 11.3 Å². The molecule has 0 amide bonds. The number of aromatic hydroxyl groups is 1. The molecule has 2 aliphatic heterocycles. The molecule has 0 aromatic carbocycles. The van der Waals surface area contributed by atoms with Crippen molar-refractivity contribution >= 4 is 17.4 Å². The van der Waals surface area contributed by atoms with Crippen LogP contribution in [0.3, 0.4) is 0 Å². The summed E-state index contributed by atoms with van der Waals surface area (Å²) in [6.45, 7) is 0. The Kier molecular flexibility index (Phi) is 4.40.